The van der Waals surface area contributed by atoms with Crippen LogP contribution in [0.25, 0.3) is 11.3 Å². The largest absolute Gasteiger partial charge is 0.326 e. The first-order chi connectivity index (χ1) is 8.11. The van der Waals surface area contributed by atoms with Crippen molar-refractivity contribution in [3.05, 3.63) is 57.6 Å². The average Bonchev–Trinajstić information content (AvgIpc) is 2.29. The molecule has 88 valence electrons. The number of aromatic nitrogens is 1. The smallest absolute Gasteiger partial charge is 0.253 e. The van der Waals surface area contributed by atoms with Gasteiger partial charge in [-0.25, -0.2) is 4.39 Å². The minimum atomic E-state index is -0.300. The number of H-pyrrole nitrogens is 1. The summed E-state index contributed by atoms with van der Waals surface area (Å²) < 4.78 is 12.8. The third-order valence-electron chi connectivity index (χ3n) is 2.72. The first-order valence-electron chi connectivity index (χ1n) is 5.30. The topological polar surface area (TPSA) is 58.9 Å². The van der Waals surface area contributed by atoms with Gasteiger partial charge >= 0.3 is 0 Å². The third kappa shape index (κ3) is 2.26. The van der Waals surface area contributed by atoms with Crippen LogP contribution in [0.5, 0.6) is 0 Å². The molecule has 0 aliphatic rings. The Labute approximate surface area is 98.1 Å². The predicted molar refractivity (Wildman–Crippen MR) is 65.1 cm³/mol. The predicted octanol–water partition coefficient (Wildman–Crippen LogP) is 1.95. The summed E-state index contributed by atoms with van der Waals surface area (Å²) in [7, 11) is 0. The number of aromatic amines is 1. The molecule has 1 heterocycles. The number of rotatable bonds is 2. The van der Waals surface area contributed by atoms with Crippen molar-refractivity contribution < 1.29 is 4.39 Å². The van der Waals surface area contributed by atoms with E-state index < -0.39 is 0 Å². The fourth-order valence-electron chi connectivity index (χ4n) is 1.76. The molecule has 17 heavy (non-hydrogen) atoms. The van der Waals surface area contributed by atoms with Gasteiger partial charge in [0.25, 0.3) is 5.56 Å². The fourth-order valence-corrected chi connectivity index (χ4v) is 1.76. The zero-order valence-corrected chi connectivity index (χ0v) is 9.46. The average molecular weight is 232 g/mol. The minimum absolute atomic E-state index is 0.188. The van der Waals surface area contributed by atoms with Crippen LogP contribution >= 0.6 is 0 Å². The number of benzene rings is 1. The summed E-state index contributed by atoms with van der Waals surface area (Å²) in [5, 5.41) is 0. The van der Waals surface area contributed by atoms with E-state index in [0.717, 1.165) is 11.1 Å². The van der Waals surface area contributed by atoms with Gasteiger partial charge in [0, 0.05) is 17.8 Å². The van der Waals surface area contributed by atoms with Gasteiger partial charge in [-0.2, -0.15) is 0 Å². The molecule has 1 aromatic heterocycles. The van der Waals surface area contributed by atoms with Crippen molar-refractivity contribution in [2.75, 3.05) is 0 Å². The van der Waals surface area contributed by atoms with E-state index in [1.165, 1.54) is 12.1 Å². The van der Waals surface area contributed by atoms with Gasteiger partial charge in [0.15, 0.2) is 0 Å². The molecule has 0 aliphatic carbocycles. The van der Waals surface area contributed by atoms with Crippen LogP contribution in [-0.2, 0) is 6.54 Å². The Balaban J connectivity index is 2.54. The number of hydrogen-bond acceptors (Lipinski definition) is 2. The van der Waals surface area contributed by atoms with E-state index in [1.807, 2.05) is 13.0 Å². The molecule has 0 bridgehead atoms. The lowest BCUT2D eigenvalue weighted by Gasteiger charge is -2.06. The minimum Gasteiger partial charge on any atom is -0.326 e. The highest BCUT2D eigenvalue weighted by atomic mass is 19.1. The standard InChI is InChI=1S/C13H13FN2O/c1-8-6-12(16-13(17)11(8)7-15)9-2-4-10(14)5-3-9/h2-6H,7,15H2,1H3,(H,16,17). The van der Waals surface area contributed by atoms with Crippen molar-refractivity contribution in [1.82, 2.24) is 4.98 Å². The highest BCUT2D eigenvalue weighted by molar-refractivity contribution is 5.60. The maximum Gasteiger partial charge on any atom is 0.253 e. The second-order valence-corrected chi connectivity index (χ2v) is 3.88. The number of aryl methyl sites for hydroxylation is 1. The Morgan fingerprint density at radius 1 is 1.29 bits per heavy atom. The number of hydrogen-bond donors (Lipinski definition) is 2. The van der Waals surface area contributed by atoms with Gasteiger partial charge in [0.2, 0.25) is 0 Å². The molecule has 0 amide bonds. The number of nitrogens with two attached hydrogens (primary N) is 1. The van der Waals surface area contributed by atoms with E-state index in [9.17, 15) is 9.18 Å². The van der Waals surface area contributed by atoms with Crippen LogP contribution < -0.4 is 11.3 Å². The van der Waals surface area contributed by atoms with Crippen LogP contribution in [0.2, 0.25) is 0 Å². The second-order valence-electron chi connectivity index (χ2n) is 3.88. The molecule has 4 heteroatoms. The normalized spacial score (nSPS) is 10.5. The molecular weight excluding hydrogens is 219 g/mol. The molecule has 3 N–H and O–H groups in total. The van der Waals surface area contributed by atoms with E-state index in [1.54, 1.807) is 12.1 Å². The SMILES string of the molecule is Cc1cc(-c2ccc(F)cc2)[nH]c(=O)c1CN. The Hall–Kier alpha value is -1.94. The highest BCUT2D eigenvalue weighted by Gasteiger charge is 2.06. The summed E-state index contributed by atoms with van der Waals surface area (Å²) in [6, 6.07) is 7.82. The van der Waals surface area contributed by atoms with E-state index in [4.69, 9.17) is 5.73 Å². The lowest BCUT2D eigenvalue weighted by Crippen LogP contribution is -2.18. The second kappa shape index (κ2) is 4.51. The maximum atomic E-state index is 12.8. The molecule has 2 aromatic rings. The van der Waals surface area contributed by atoms with Gasteiger partial charge in [-0.05, 0) is 48.4 Å². The van der Waals surface area contributed by atoms with Crippen LogP contribution in [0.3, 0.4) is 0 Å². The number of pyridine rings is 1. The molecule has 1 aromatic carbocycles. The monoisotopic (exact) mass is 232 g/mol. The molecule has 0 unspecified atom stereocenters. The highest BCUT2D eigenvalue weighted by Crippen LogP contribution is 2.18. The molecule has 0 aliphatic heterocycles. The van der Waals surface area contributed by atoms with E-state index in [2.05, 4.69) is 4.98 Å². The Kier molecular flexibility index (Phi) is 3.06. The van der Waals surface area contributed by atoms with E-state index in [-0.39, 0.29) is 17.9 Å². The lowest BCUT2D eigenvalue weighted by atomic mass is 10.1. The molecule has 0 saturated heterocycles. The lowest BCUT2D eigenvalue weighted by molar-refractivity contribution is 0.628. The molecule has 0 fully saturated rings. The Bertz CT molecular complexity index is 587. The van der Waals surface area contributed by atoms with Crippen molar-refractivity contribution in [3.8, 4) is 11.3 Å². The fraction of sp³-hybridized carbons (Fsp3) is 0.154. The first kappa shape index (κ1) is 11.5. The summed E-state index contributed by atoms with van der Waals surface area (Å²) in [6.45, 7) is 2.05. The van der Waals surface area contributed by atoms with E-state index >= 15 is 0 Å². The van der Waals surface area contributed by atoms with Crippen LogP contribution in [0.4, 0.5) is 4.39 Å². The molecule has 0 radical (unpaired) electrons. The van der Waals surface area contributed by atoms with Crippen LogP contribution in [0.1, 0.15) is 11.1 Å². The summed E-state index contributed by atoms with van der Waals surface area (Å²) >= 11 is 0. The first-order valence-corrected chi connectivity index (χ1v) is 5.30. The van der Waals surface area contributed by atoms with Crippen molar-refractivity contribution in [2.45, 2.75) is 13.5 Å². The van der Waals surface area contributed by atoms with Gasteiger partial charge in [-0.3, -0.25) is 4.79 Å². The van der Waals surface area contributed by atoms with E-state index in [0.29, 0.717) is 11.3 Å². The van der Waals surface area contributed by atoms with Crippen molar-refractivity contribution >= 4 is 0 Å². The van der Waals surface area contributed by atoms with Gasteiger partial charge in [-0.1, -0.05) is 0 Å². The molecular formula is C13H13FN2O. The quantitative estimate of drug-likeness (QED) is 0.831. The van der Waals surface area contributed by atoms with Crippen molar-refractivity contribution in [3.63, 3.8) is 0 Å². The summed E-state index contributed by atoms with van der Waals surface area (Å²) in [4.78, 5) is 14.5. The zero-order chi connectivity index (χ0) is 12.4. The molecule has 0 atom stereocenters. The van der Waals surface area contributed by atoms with Gasteiger partial charge < -0.3 is 10.7 Å². The Morgan fingerprint density at radius 3 is 2.47 bits per heavy atom. The molecule has 2 rings (SSSR count). The zero-order valence-electron chi connectivity index (χ0n) is 9.46. The molecule has 0 saturated carbocycles. The van der Waals surface area contributed by atoms with Gasteiger partial charge in [0.05, 0.1) is 0 Å². The maximum absolute atomic E-state index is 12.8. The van der Waals surface area contributed by atoms with Crippen LogP contribution in [0, 0.1) is 12.7 Å². The van der Waals surface area contributed by atoms with Gasteiger partial charge in [0.1, 0.15) is 5.82 Å². The van der Waals surface area contributed by atoms with Crippen molar-refractivity contribution in [1.29, 1.82) is 0 Å². The molecule has 0 spiro atoms. The van der Waals surface area contributed by atoms with Gasteiger partial charge in [-0.15, -0.1) is 0 Å². The summed E-state index contributed by atoms with van der Waals surface area (Å²) in [5.74, 6) is -0.300. The number of halogens is 1. The van der Waals surface area contributed by atoms with Crippen LogP contribution in [-0.4, -0.2) is 4.98 Å². The molecule has 3 nitrogen and oxygen atoms in total. The van der Waals surface area contributed by atoms with Crippen molar-refractivity contribution in [2.24, 2.45) is 5.73 Å². The third-order valence-corrected chi connectivity index (χ3v) is 2.72. The summed E-state index contributed by atoms with van der Waals surface area (Å²) in [6.07, 6.45) is 0. The number of nitrogens with one attached hydrogen (secondary N) is 1. The van der Waals surface area contributed by atoms with Crippen LogP contribution in [0.15, 0.2) is 35.1 Å². The Morgan fingerprint density at radius 2 is 1.94 bits per heavy atom. The summed E-state index contributed by atoms with van der Waals surface area (Å²) in [5.41, 5.74) is 8.17.